The lowest BCUT2D eigenvalue weighted by molar-refractivity contribution is 0.251. The van der Waals surface area contributed by atoms with E-state index in [4.69, 9.17) is 0 Å². The van der Waals surface area contributed by atoms with E-state index >= 15 is 0 Å². The molecule has 1 fully saturated rings. The van der Waals surface area contributed by atoms with Crippen LogP contribution in [0.15, 0.2) is 12.7 Å². The number of hydrogen-bond donors (Lipinski definition) is 0. The molecule has 0 bridgehead atoms. The van der Waals surface area contributed by atoms with Crippen LogP contribution >= 0.6 is 0 Å². The molecular weight excluding hydrogens is 134 g/mol. The van der Waals surface area contributed by atoms with Crippen LogP contribution in [0.2, 0.25) is 0 Å². The molecule has 0 amide bonds. The van der Waals surface area contributed by atoms with Gasteiger partial charge in [0, 0.05) is 6.54 Å². The van der Waals surface area contributed by atoms with Gasteiger partial charge in [-0.05, 0) is 25.9 Å². The van der Waals surface area contributed by atoms with Crippen molar-refractivity contribution in [3.63, 3.8) is 0 Å². The molecule has 0 atom stereocenters. The smallest absolute Gasteiger partial charge is 0.0160 e. The van der Waals surface area contributed by atoms with Crippen LogP contribution in [0.1, 0.15) is 33.1 Å². The molecule has 0 aliphatic carbocycles. The van der Waals surface area contributed by atoms with E-state index in [1.165, 1.54) is 32.4 Å². The number of hydrogen-bond acceptors (Lipinski definition) is 1. The molecule has 1 heteroatoms. The Labute approximate surface area is 71.1 Å². The maximum Gasteiger partial charge on any atom is 0.0160 e. The highest BCUT2D eigenvalue weighted by Gasteiger charge is 2.06. The number of rotatable bonds is 2. The quantitative estimate of drug-likeness (QED) is 0.554. The molecule has 0 aromatic carbocycles. The zero-order valence-electron chi connectivity index (χ0n) is 7.97. The first-order valence-electron chi connectivity index (χ1n) is 4.77. The Morgan fingerprint density at radius 1 is 1.18 bits per heavy atom. The first kappa shape index (κ1) is 10.7. The number of piperidine rings is 1. The summed E-state index contributed by atoms with van der Waals surface area (Å²) < 4.78 is 0. The first-order chi connectivity index (χ1) is 5.43. The minimum atomic E-state index is 1.08. The van der Waals surface area contributed by atoms with Gasteiger partial charge in [0.2, 0.25) is 0 Å². The van der Waals surface area contributed by atoms with Gasteiger partial charge in [-0.15, -0.1) is 6.58 Å². The van der Waals surface area contributed by atoms with Crippen molar-refractivity contribution in [3.05, 3.63) is 12.7 Å². The predicted octanol–water partition coefficient (Wildman–Crippen LogP) is 2.68. The zero-order valence-corrected chi connectivity index (χ0v) is 7.97. The van der Waals surface area contributed by atoms with Crippen LogP contribution in [-0.2, 0) is 0 Å². The van der Waals surface area contributed by atoms with Crippen molar-refractivity contribution in [1.82, 2.24) is 4.90 Å². The lowest BCUT2D eigenvalue weighted by Gasteiger charge is -2.24. The van der Waals surface area contributed by atoms with Crippen LogP contribution < -0.4 is 0 Å². The van der Waals surface area contributed by atoms with E-state index in [-0.39, 0.29) is 0 Å². The Hall–Kier alpha value is -0.300. The molecule has 0 N–H and O–H groups in total. The van der Waals surface area contributed by atoms with Gasteiger partial charge < -0.3 is 0 Å². The molecule has 0 aromatic rings. The lowest BCUT2D eigenvalue weighted by atomic mass is 10.1. The number of likely N-dealkylation sites (tertiary alicyclic amines) is 1. The molecule has 0 spiro atoms. The monoisotopic (exact) mass is 155 g/mol. The summed E-state index contributed by atoms with van der Waals surface area (Å²) in [5.74, 6) is 0. The summed E-state index contributed by atoms with van der Waals surface area (Å²) >= 11 is 0. The first-order valence-corrected chi connectivity index (χ1v) is 4.77. The van der Waals surface area contributed by atoms with E-state index in [9.17, 15) is 0 Å². The Morgan fingerprint density at radius 3 is 2.18 bits per heavy atom. The summed E-state index contributed by atoms with van der Waals surface area (Å²) in [4.78, 5) is 2.45. The SMILES string of the molecule is C=CCN1CCCCC1.CC. The third-order valence-corrected chi connectivity index (χ3v) is 1.84. The summed E-state index contributed by atoms with van der Waals surface area (Å²) in [5, 5.41) is 0. The minimum Gasteiger partial charge on any atom is -0.300 e. The fourth-order valence-corrected chi connectivity index (χ4v) is 1.32. The average molecular weight is 155 g/mol. The van der Waals surface area contributed by atoms with E-state index in [2.05, 4.69) is 11.5 Å². The summed E-state index contributed by atoms with van der Waals surface area (Å²) in [6.07, 6.45) is 6.18. The van der Waals surface area contributed by atoms with Gasteiger partial charge in [-0.2, -0.15) is 0 Å². The van der Waals surface area contributed by atoms with Gasteiger partial charge in [-0.1, -0.05) is 26.3 Å². The molecule has 0 saturated carbocycles. The van der Waals surface area contributed by atoms with Gasteiger partial charge >= 0.3 is 0 Å². The molecule has 1 aliphatic heterocycles. The van der Waals surface area contributed by atoms with Crippen molar-refractivity contribution >= 4 is 0 Å². The van der Waals surface area contributed by atoms with Gasteiger partial charge in [0.25, 0.3) is 0 Å². The normalized spacial score (nSPS) is 18.4. The molecule has 1 aliphatic rings. The maximum absolute atomic E-state index is 3.71. The lowest BCUT2D eigenvalue weighted by Crippen LogP contribution is -2.29. The van der Waals surface area contributed by atoms with E-state index in [1.54, 1.807) is 0 Å². The Balaban J connectivity index is 0.000000461. The number of nitrogens with zero attached hydrogens (tertiary/aromatic N) is 1. The van der Waals surface area contributed by atoms with E-state index < -0.39 is 0 Å². The van der Waals surface area contributed by atoms with Gasteiger partial charge in [0.15, 0.2) is 0 Å². The van der Waals surface area contributed by atoms with Crippen molar-refractivity contribution in [2.75, 3.05) is 19.6 Å². The molecule has 11 heavy (non-hydrogen) atoms. The molecule has 0 radical (unpaired) electrons. The fraction of sp³-hybridized carbons (Fsp3) is 0.800. The van der Waals surface area contributed by atoms with Crippen molar-refractivity contribution < 1.29 is 0 Å². The third-order valence-electron chi connectivity index (χ3n) is 1.84. The zero-order chi connectivity index (χ0) is 8.53. The summed E-state index contributed by atoms with van der Waals surface area (Å²) in [7, 11) is 0. The third kappa shape index (κ3) is 5.02. The molecule has 1 nitrogen and oxygen atoms in total. The molecule has 1 heterocycles. The topological polar surface area (TPSA) is 3.24 Å². The molecule has 1 saturated heterocycles. The highest BCUT2D eigenvalue weighted by molar-refractivity contribution is 4.75. The van der Waals surface area contributed by atoms with E-state index in [0.29, 0.717) is 0 Å². The minimum absolute atomic E-state index is 1.08. The second kappa shape index (κ2) is 7.80. The van der Waals surface area contributed by atoms with Crippen molar-refractivity contribution in [3.8, 4) is 0 Å². The van der Waals surface area contributed by atoms with Crippen LogP contribution in [0.3, 0.4) is 0 Å². The van der Waals surface area contributed by atoms with E-state index in [1.807, 2.05) is 19.9 Å². The molecule has 66 valence electrons. The molecule has 0 unspecified atom stereocenters. The molecule has 0 aromatic heterocycles. The average Bonchev–Trinajstić information content (AvgIpc) is 2.11. The Morgan fingerprint density at radius 2 is 1.73 bits per heavy atom. The predicted molar refractivity (Wildman–Crippen MR) is 51.8 cm³/mol. The van der Waals surface area contributed by atoms with Crippen molar-refractivity contribution in [2.24, 2.45) is 0 Å². The summed E-state index contributed by atoms with van der Waals surface area (Å²) in [6.45, 7) is 11.4. The highest BCUT2D eigenvalue weighted by Crippen LogP contribution is 2.07. The van der Waals surface area contributed by atoms with Gasteiger partial charge in [-0.3, -0.25) is 4.90 Å². The van der Waals surface area contributed by atoms with Crippen molar-refractivity contribution in [2.45, 2.75) is 33.1 Å². The van der Waals surface area contributed by atoms with Crippen LogP contribution in [0, 0.1) is 0 Å². The van der Waals surface area contributed by atoms with Crippen LogP contribution in [0.4, 0.5) is 0 Å². The van der Waals surface area contributed by atoms with Crippen molar-refractivity contribution in [1.29, 1.82) is 0 Å². The Kier molecular flexibility index (Phi) is 7.59. The second-order valence-corrected chi connectivity index (χ2v) is 2.65. The van der Waals surface area contributed by atoms with Crippen LogP contribution in [0.5, 0.6) is 0 Å². The fourth-order valence-electron chi connectivity index (χ4n) is 1.32. The van der Waals surface area contributed by atoms with Gasteiger partial charge in [0.05, 0.1) is 0 Å². The summed E-state index contributed by atoms with van der Waals surface area (Å²) in [6, 6.07) is 0. The van der Waals surface area contributed by atoms with Crippen LogP contribution in [-0.4, -0.2) is 24.5 Å². The van der Waals surface area contributed by atoms with E-state index in [0.717, 1.165) is 6.54 Å². The largest absolute Gasteiger partial charge is 0.300 e. The summed E-state index contributed by atoms with van der Waals surface area (Å²) in [5.41, 5.74) is 0. The Bertz CT molecular complexity index is 82.9. The molecule has 1 rings (SSSR count). The van der Waals surface area contributed by atoms with Gasteiger partial charge in [0.1, 0.15) is 0 Å². The second-order valence-electron chi connectivity index (χ2n) is 2.65. The van der Waals surface area contributed by atoms with Crippen LogP contribution in [0.25, 0.3) is 0 Å². The highest BCUT2D eigenvalue weighted by atomic mass is 15.1. The van der Waals surface area contributed by atoms with Gasteiger partial charge in [-0.25, -0.2) is 0 Å². The standard InChI is InChI=1S/C8H15N.C2H6/c1-2-6-9-7-4-3-5-8-9;1-2/h2H,1,3-8H2;1-2H3. The maximum atomic E-state index is 3.71. The molecular formula is C10H21N.